The zero-order chi connectivity index (χ0) is 12.4. The lowest BCUT2D eigenvalue weighted by Gasteiger charge is -2.11. The Bertz CT molecular complexity index is 518. The van der Waals surface area contributed by atoms with Crippen molar-refractivity contribution in [3.8, 4) is 0 Å². The van der Waals surface area contributed by atoms with Gasteiger partial charge in [-0.1, -0.05) is 11.6 Å². The second-order valence-electron chi connectivity index (χ2n) is 3.41. The van der Waals surface area contributed by atoms with Crippen molar-refractivity contribution < 1.29 is 4.39 Å². The molecule has 90 valence electrons. The van der Waals surface area contributed by atoms with Gasteiger partial charge in [0.25, 0.3) is 0 Å². The fraction of sp³-hybridized carbons (Fsp3) is 0.182. The molecule has 2 rings (SSSR count). The highest BCUT2D eigenvalue weighted by atomic mass is 79.9. The number of imidazole rings is 1. The molecule has 0 spiro atoms. The third-order valence-corrected chi connectivity index (χ3v) is 3.22. The zero-order valence-electron chi connectivity index (χ0n) is 9.04. The number of anilines is 2. The molecule has 0 saturated carbocycles. The molecule has 0 atom stereocenters. The molecule has 0 aliphatic carbocycles. The van der Waals surface area contributed by atoms with Crippen LogP contribution in [-0.2, 0) is 6.54 Å². The molecular weight excluding hydrogens is 308 g/mol. The van der Waals surface area contributed by atoms with Crippen LogP contribution in [-0.4, -0.2) is 9.55 Å². The van der Waals surface area contributed by atoms with E-state index in [1.165, 1.54) is 12.1 Å². The van der Waals surface area contributed by atoms with Crippen LogP contribution in [0.3, 0.4) is 0 Å². The van der Waals surface area contributed by atoms with Crippen molar-refractivity contribution in [2.45, 2.75) is 13.5 Å². The number of benzene rings is 1. The maximum atomic E-state index is 13.1. The molecule has 0 bridgehead atoms. The Balaban J connectivity index is 2.36. The van der Waals surface area contributed by atoms with Gasteiger partial charge in [0.2, 0.25) is 5.95 Å². The molecule has 0 saturated heterocycles. The van der Waals surface area contributed by atoms with Crippen LogP contribution in [0.15, 0.2) is 29.0 Å². The van der Waals surface area contributed by atoms with E-state index >= 15 is 0 Å². The summed E-state index contributed by atoms with van der Waals surface area (Å²) in [5.41, 5.74) is 0.606. The van der Waals surface area contributed by atoms with Crippen LogP contribution in [0.4, 0.5) is 16.0 Å². The number of hydrogen-bond acceptors (Lipinski definition) is 2. The van der Waals surface area contributed by atoms with Crippen LogP contribution in [0.1, 0.15) is 6.92 Å². The molecule has 0 amide bonds. The molecule has 17 heavy (non-hydrogen) atoms. The Hall–Kier alpha value is -1.07. The summed E-state index contributed by atoms with van der Waals surface area (Å²) in [6, 6.07) is 2.61. The molecule has 1 aromatic heterocycles. The maximum absolute atomic E-state index is 13.1. The Morgan fingerprint density at radius 1 is 1.53 bits per heavy atom. The van der Waals surface area contributed by atoms with Crippen LogP contribution in [0.2, 0.25) is 5.02 Å². The van der Waals surface area contributed by atoms with Crippen molar-refractivity contribution in [2.75, 3.05) is 5.32 Å². The van der Waals surface area contributed by atoms with Crippen molar-refractivity contribution >= 4 is 39.2 Å². The Labute approximate surface area is 112 Å². The van der Waals surface area contributed by atoms with Crippen LogP contribution < -0.4 is 5.32 Å². The van der Waals surface area contributed by atoms with E-state index in [1.54, 1.807) is 6.20 Å². The number of aromatic nitrogens is 2. The standard InChI is InChI=1S/C11H10BrClFN3/c1-2-17-4-3-15-11(17)16-10-8(12)5-7(14)6-9(10)13/h3-6H,2H2,1H3,(H,15,16). The van der Waals surface area contributed by atoms with E-state index in [0.29, 0.717) is 21.1 Å². The average molecular weight is 319 g/mol. The van der Waals surface area contributed by atoms with Gasteiger partial charge in [-0.05, 0) is 35.0 Å². The first-order chi connectivity index (χ1) is 8.11. The molecule has 0 radical (unpaired) electrons. The molecule has 0 fully saturated rings. The van der Waals surface area contributed by atoms with Crippen molar-refractivity contribution in [3.63, 3.8) is 0 Å². The van der Waals surface area contributed by atoms with Gasteiger partial charge in [0.15, 0.2) is 0 Å². The predicted octanol–water partition coefficient (Wildman–Crippen LogP) is 4.20. The van der Waals surface area contributed by atoms with Gasteiger partial charge in [-0.3, -0.25) is 0 Å². The summed E-state index contributed by atoms with van der Waals surface area (Å²) < 4.78 is 15.6. The van der Waals surface area contributed by atoms with Crippen molar-refractivity contribution in [1.29, 1.82) is 0 Å². The molecule has 0 unspecified atom stereocenters. The van der Waals surface area contributed by atoms with Gasteiger partial charge in [-0.2, -0.15) is 0 Å². The van der Waals surface area contributed by atoms with Crippen molar-refractivity contribution in [1.82, 2.24) is 9.55 Å². The highest BCUT2D eigenvalue weighted by Gasteiger charge is 2.10. The number of nitrogens with zero attached hydrogens (tertiary/aromatic N) is 2. The molecular formula is C11H10BrClFN3. The second kappa shape index (κ2) is 5.06. The number of nitrogens with one attached hydrogen (secondary N) is 1. The molecule has 1 heterocycles. The minimum absolute atomic E-state index is 0.308. The third kappa shape index (κ3) is 2.61. The summed E-state index contributed by atoms with van der Waals surface area (Å²) in [5, 5.41) is 3.38. The highest BCUT2D eigenvalue weighted by molar-refractivity contribution is 9.10. The second-order valence-corrected chi connectivity index (χ2v) is 4.67. The van der Waals surface area contributed by atoms with Gasteiger partial charge in [-0.15, -0.1) is 0 Å². The first kappa shape index (κ1) is 12.4. The minimum Gasteiger partial charge on any atom is -0.323 e. The fourth-order valence-corrected chi connectivity index (χ4v) is 2.36. The minimum atomic E-state index is -0.383. The summed E-state index contributed by atoms with van der Waals surface area (Å²) in [5.74, 6) is 0.285. The van der Waals surface area contributed by atoms with E-state index in [-0.39, 0.29) is 5.82 Å². The lowest BCUT2D eigenvalue weighted by Crippen LogP contribution is -2.02. The van der Waals surface area contributed by atoms with Crippen molar-refractivity contribution in [3.05, 3.63) is 39.8 Å². The number of rotatable bonds is 3. The van der Waals surface area contributed by atoms with E-state index in [9.17, 15) is 4.39 Å². The van der Waals surface area contributed by atoms with Gasteiger partial charge in [0.1, 0.15) is 5.82 Å². The molecule has 0 aliphatic rings. The SMILES string of the molecule is CCn1ccnc1Nc1c(Cl)cc(F)cc1Br. The largest absolute Gasteiger partial charge is 0.323 e. The van der Waals surface area contributed by atoms with E-state index < -0.39 is 0 Å². The summed E-state index contributed by atoms with van der Waals surface area (Å²) in [6.45, 7) is 2.80. The van der Waals surface area contributed by atoms with Crippen LogP contribution >= 0.6 is 27.5 Å². The zero-order valence-corrected chi connectivity index (χ0v) is 11.4. The quantitative estimate of drug-likeness (QED) is 0.919. The fourth-order valence-electron chi connectivity index (χ4n) is 1.46. The molecule has 3 nitrogen and oxygen atoms in total. The Morgan fingerprint density at radius 2 is 2.29 bits per heavy atom. The molecule has 6 heteroatoms. The average Bonchev–Trinajstić information content (AvgIpc) is 2.70. The third-order valence-electron chi connectivity index (χ3n) is 2.30. The highest BCUT2D eigenvalue weighted by Crippen LogP contribution is 2.33. The van der Waals surface area contributed by atoms with E-state index in [4.69, 9.17) is 11.6 Å². The van der Waals surface area contributed by atoms with E-state index in [1.807, 2.05) is 17.7 Å². The van der Waals surface area contributed by atoms with E-state index in [2.05, 4.69) is 26.2 Å². The van der Waals surface area contributed by atoms with Crippen LogP contribution in [0.25, 0.3) is 0 Å². The Morgan fingerprint density at radius 3 is 2.94 bits per heavy atom. The molecule has 0 aliphatic heterocycles. The molecule has 1 aromatic carbocycles. The first-order valence-electron chi connectivity index (χ1n) is 5.04. The lowest BCUT2D eigenvalue weighted by molar-refractivity contribution is 0.627. The number of aryl methyl sites for hydroxylation is 1. The predicted molar refractivity (Wildman–Crippen MR) is 70.3 cm³/mol. The number of hydrogen-bond donors (Lipinski definition) is 1. The molecule has 1 N–H and O–H groups in total. The monoisotopic (exact) mass is 317 g/mol. The lowest BCUT2D eigenvalue weighted by atomic mass is 10.3. The first-order valence-corrected chi connectivity index (χ1v) is 6.21. The van der Waals surface area contributed by atoms with Gasteiger partial charge in [-0.25, -0.2) is 9.37 Å². The summed E-state index contributed by atoms with van der Waals surface area (Å²) in [7, 11) is 0. The maximum Gasteiger partial charge on any atom is 0.207 e. The molecule has 2 aromatic rings. The van der Waals surface area contributed by atoms with Crippen LogP contribution in [0.5, 0.6) is 0 Å². The Kier molecular flexibility index (Phi) is 3.69. The number of halogens is 3. The summed E-state index contributed by atoms with van der Waals surface area (Å²) in [4.78, 5) is 4.17. The van der Waals surface area contributed by atoms with Crippen LogP contribution in [0, 0.1) is 5.82 Å². The summed E-state index contributed by atoms with van der Waals surface area (Å²) >= 11 is 9.24. The topological polar surface area (TPSA) is 29.9 Å². The van der Waals surface area contributed by atoms with Gasteiger partial charge >= 0.3 is 0 Å². The van der Waals surface area contributed by atoms with Gasteiger partial charge in [0.05, 0.1) is 10.7 Å². The van der Waals surface area contributed by atoms with Gasteiger partial charge in [0, 0.05) is 23.4 Å². The van der Waals surface area contributed by atoms with Crippen molar-refractivity contribution in [2.24, 2.45) is 0 Å². The van der Waals surface area contributed by atoms with E-state index in [0.717, 1.165) is 6.54 Å². The van der Waals surface area contributed by atoms with Gasteiger partial charge < -0.3 is 9.88 Å². The normalized spacial score (nSPS) is 10.6. The smallest absolute Gasteiger partial charge is 0.207 e. The summed E-state index contributed by atoms with van der Waals surface area (Å²) in [6.07, 6.45) is 3.55.